The fraction of sp³-hybridized carbons (Fsp3) is 0.409. The molecule has 0 unspecified atom stereocenters. The van der Waals surface area contributed by atoms with Gasteiger partial charge in [0.05, 0.1) is 27.9 Å². The van der Waals surface area contributed by atoms with E-state index in [0.29, 0.717) is 13.2 Å². The number of benzene rings is 2. The number of hydrogen-bond acceptors (Lipinski definition) is 5. The first-order valence-corrected chi connectivity index (χ1v) is 9.60. The standard InChI is InChI=1S/C22H31N3O4/c1-6-29-19-10-8-17(14-21(19)28-5)15-25-22(23-2)24-12-11-16-7-9-18(26-3)20(13-16)27-4/h7-10,13-14H,6,11-12,15H2,1-5H3,(H2,23,24,25). The molecule has 2 aromatic rings. The Morgan fingerprint density at radius 2 is 1.45 bits per heavy atom. The molecule has 0 aliphatic rings. The highest BCUT2D eigenvalue weighted by Gasteiger charge is 2.07. The van der Waals surface area contributed by atoms with Crippen molar-refractivity contribution in [1.29, 1.82) is 0 Å². The average Bonchev–Trinajstić information content (AvgIpc) is 2.76. The summed E-state index contributed by atoms with van der Waals surface area (Å²) in [5.41, 5.74) is 2.23. The number of hydrogen-bond donors (Lipinski definition) is 2. The van der Waals surface area contributed by atoms with E-state index < -0.39 is 0 Å². The van der Waals surface area contributed by atoms with Gasteiger partial charge in [0.1, 0.15) is 0 Å². The molecular formula is C22H31N3O4. The maximum Gasteiger partial charge on any atom is 0.191 e. The number of rotatable bonds is 10. The van der Waals surface area contributed by atoms with Crippen LogP contribution in [0.2, 0.25) is 0 Å². The summed E-state index contributed by atoms with van der Waals surface area (Å²) in [7, 11) is 6.67. The quantitative estimate of drug-likeness (QED) is 0.471. The Morgan fingerprint density at radius 3 is 2.10 bits per heavy atom. The molecule has 0 bridgehead atoms. The minimum absolute atomic E-state index is 0.602. The fourth-order valence-electron chi connectivity index (χ4n) is 2.86. The van der Waals surface area contributed by atoms with Crippen molar-refractivity contribution < 1.29 is 18.9 Å². The number of nitrogens with zero attached hydrogens (tertiary/aromatic N) is 1. The van der Waals surface area contributed by atoms with Gasteiger partial charge in [-0.3, -0.25) is 4.99 Å². The fourth-order valence-corrected chi connectivity index (χ4v) is 2.86. The molecule has 0 spiro atoms. The first kappa shape index (κ1) is 22.2. The van der Waals surface area contributed by atoms with Gasteiger partial charge in [0.25, 0.3) is 0 Å². The summed E-state index contributed by atoms with van der Waals surface area (Å²) in [4.78, 5) is 4.28. The summed E-state index contributed by atoms with van der Waals surface area (Å²) in [6.07, 6.45) is 0.831. The monoisotopic (exact) mass is 401 g/mol. The van der Waals surface area contributed by atoms with Crippen molar-refractivity contribution in [3.8, 4) is 23.0 Å². The normalized spacial score (nSPS) is 11.0. The van der Waals surface area contributed by atoms with Crippen LogP contribution in [0.3, 0.4) is 0 Å². The first-order valence-electron chi connectivity index (χ1n) is 9.60. The molecule has 0 atom stereocenters. The van der Waals surface area contributed by atoms with Crippen LogP contribution >= 0.6 is 0 Å². The molecule has 29 heavy (non-hydrogen) atoms. The molecule has 158 valence electrons. The van der Waals surface area contributed by atoms with Crippen LogP contribution in [0.4, 0.5) is 0 Å². The third kappa shape index (κ3) is 6.48. The highest BCUT2D eigenvalue weighted by Crippen LogP contribution is 2.28. The molecular weight excluding hydrogens is 370 g/mol. The van der Waals surface area contributed by atoms with Crippen LogP contribution in [0, 0.1) is 0 Å². The largest absolute Gasteiger partial charge is 0.493 e. The summed E-state index contributed by atoms with van der Waals surface area (Å²) < 4.78 is 21.6. The maximum absolute atomic E-state index is 5.56. The van der Waals surface area contributed by atoms with E-state index >= 15 is 0 Å². The van der Waals surface area contributed by atoms with Crippen molar-refractivity contribution in [2.45, 2.75) is 19.9 Å². The van der Waals surface area contributed by atoms with E-state index in [0.717, 1.165) is 53.1 Å². The molecule has 2 rings (SSSR count). The van der Waals surface area contributed by atoms with Gasteiger partial charge >= 0.3 is 0 Å². The van der Waals surface area contributed by atoms with Crippen LogP contribution < -0.4 is 29.6 Å². The van der Waals surface area contributed by atoms with Gasteiger partial charge in [-0.05, 0) is 48.7 Å². The van der Waals surface area contributed by atoms with Crippen LogP contribution in [0.1, 0.15) is 18.1 Å². The predicted molar refractivity (Wildman–Crippen MR) is 116 cm³/mol. The van der Waals surface area contributed by atoms with E-state index in [1.165, 1.54) is 0 Å². The molecule has 0 radical (unpaired) electrons. The lowest BCUT2D eigenvalue weighted by Gasteiger charge is -2.14. The predicted octanol–water partition coefficient (Wildman–Crippen LogP) is 3.02. The summed E-state index contributed by atoms with van der Waals surface area (Å²) >= 11 is 0. The van der Waals surface area contributed by atoms with Gasteiger partial charge in [-0.25, -0.2) is 0 Å². The number of methoxy groups -OCH3 is 3. The Labute approximate surface area is 173 Å². The van der Waals surface area contributed by atoms with Crippen molar-refractivity contribution in [3.63, 3.8) is 0 Å². The Balaban J connectivity index is 1.87. The summed E-state index contributed by atoms with van der Waals surface area (Å²) in [6.45, 7) is 3.91. The molecule has 0 aliphatic carbocycles. The van der Waals surface area contributed by atoms with Crippen LogP contribution in [0.5, 0.6) is 23.0 Å². The maximum atomic E-state index is 5.56. The average molecular weight is 402 g/mol. The van der Waals surface area contributed by atoms with Gasteiger partial charge in [-0.1, -0.05) is 12.1 Å². The zero-order chi connectivity index (χ0) is 21.1. The second kappa shape index (κ2) is 11.7. The number of ether oxygens (including phenoxy) is 4. The lowest BCUT2D eigenvalue weighted by molar-refractivity contribution is 0.310. The number of nitrogens with one attached hydrogen (secondary N) is 2. The van der Waals surface area contributed by atoms with Crippen molar-refractivity contribution in [1.82, 2.24) is 10.6 Å². The third-order valence-corrected chi connectivity index (χ3v) is 4.37. The lowest BCUT2D eigenvalue weighted by Crippen LogP contribution is -2.37. The topological polar surface area (TPSA) is 73.3 Å². The zero-order valence-corrected chi connectivity index (χ0v) is 17.9. The first-order chi connectivity index (χ1) is 14.1. The van der Waals surface area contributed by atoms with Crippen LogP contribution in [0.15, 0.2) is 41.4 Å². The molecule has 7 heteroatoms. The number of aliphatic imine (C=N–C) groups is 1. The lowest BCUT2D eigenvalue weighted by atomic mass is 10.1. The van der Waals surface area contributed by atoms with Crippen LogP contribution in [0.25, 0.3) is 0 Å². The molecule has 7 nitrogen and oxygen atoms in total. The van der Waals surface area contributed by atoms with Crippen molar-refractivity contribution in [2.24, 2.45) is 4.99 Å². The Hall–Kier alpha value is -3.09. The molecule has 0 aliphatic heterocycles. The highest BCUT2D eigenvalue weighted by atomic mass is 16.5. The van der Waals surface area contributed by atoms with Crippen LogP contribution in [-0.4, -0.2) is 47.5 Å². The highest BCUT2D eigenvalue weighted by molar-refractivity contribution is 5.79. The van der Waals surface area contributed by atoms with Gasteiger partial charge in [-0.2, -0.15) is 0 Å². The van der Waals surface area contributed by atoms with E-state index in [9.17, 15) is 0 Å². The van der Waals surface area contributed by atoms with Gasteiger partial charge in [0.15, 0.2) is 29.0 Å². The second-order valence-corrected chi connectivity index (χ2v) is 6.21. The van der Waals surface area contributed by atoms with E-state index in [-0.39, 0.29) is 0 Å². The van der Waals surface area contributed by atoms with Crippen LogP contribution in [-0.2, 0) is 13.0 Å². The zero-order valence-electron chi connectivity index (χ0n) is 17.9. The third-order valence-electron chi connectivity index (χ3n) is 4.37. The van der Waals surface area contributed by atoms with E-state index in [2.05, 4.69) is 15.6 Å². The smallest absolute Gasteiger partial charge is 0.191 e. The molecule has 0 heterocycles. The summed E-state index contributed by atoms with van der Waals surface area (Å²) in [5, 5.41) is 6.64. The summed E-state index contributed by atoms with van der Waals surface area (Å²) in [5.74, 6) is 3.67. The van der Waals surface area contributed by atoms with Gasteiger partial charge < -0.3 is 29.6 Å². The number of guanidine groups is 1. The van der Waals surface area contributed by atoms with E-state index in [1.807, 2.05) is 43.3 Å². The van der Waals surface area contributed by atoms with Gasteiger partial charge in [0, 0.05) is 20.1 Å². The van der Waals surface area contributed by atoms with Gasteiger partial charge in [-0.15, -0.1) is 0 Å². The molecule has 0 saturated heterocycles. The molecule has 2 aromatic carbocycles. The van der Waals surface area contributed by atoms with Crippen molar-refractivity contribution in [3.05, 3.63) is 47.5 Å². The second-order valence-electron chi connectivity index (χ2n) is 6.21. The molecule has 0 aromatic heterocycles. The van der Waals surface area contributed by atoms with Crippen molar-refractivity contribution >= 4 is 5.96 Å². The molecule has 0 fully saturated rings. The van der Waals surface area contributed by atoms with E-state index in [1.54, 1.807) is 28.4 Å². The molecule has 2 N–H and O–H groups in total. The Bertz CT molecular complexity index is 809. The molecule has 0 saturated carbocycles. The summed E-state index contributed by atoms with van der Waals surface area (Å²) in [6, 6.07) is 11.8. The minimum atomic E-state index is 0.602. The Kier molecular flexibility index (Phi) is 8.95. The molecule has 0 amide bonds. The van der Waals surface area contributed by atoms with Gasteiger partial charge in [0.2, 0.25) is 0 Å². The van der Waals surface area contributed by atoms with E-state index in [4.69, 9.17) is 18.9 Å². The SMILES string of the molecule is CCOc1ccc(CNC(=NC)NCCc2ccc(OC)c(OC)c2)cc1OC. The van der Waals surface area contributed by atoms with Crippen molar-refractivity contribution in [2.75, 3.05) is 41.5 Å². The minimum Gasteiger partial charge on any atom is -0.493 e. The Morgan fingerprint density at radius 1 is 0.828 bits per heavy atom.